The molecule has 0 aliphatic rings. The summed E-state index contributed by atoms with van der Waals surface area (Å²) in [6.45, 7) is 5.45. The van der Waals surface area contributed by atoms with Crippen LogP contribution in [0, 0.1) is 5.41 Å². The number of rotatable bonds is 4. The number of anilines is 1. The van der Waals surface area contributed by atoms with E-state index in [0.717, 1.165) is 11.3 Å². The molecule has 22 heavy (non-hydrogen) atoms. The first kappa shape index (κ1) is 15.9. The lowest BCUT2D eigenvalue weighted by atomic mass is 9.95. The van der Waals surface area contributed by atoms with E-state index in [4.69, 9.17) is 0 Å². The summed E-state index contributed by atoms with van der Waals surface area (Å²) in [4.78, 5) is 27.7. The molecule has 4 heteroatoms. The lowest BCUT2D eigenvalue weighted by Crippen LogP contribution is -2.28. The van der Waals surface area contributed by atoms with Gasteiger partial charge in [0.1, 0.15) is 5.82 Å². The standard InChI is InChI=1S/C18H20N2O2/c1-18(2,3)17(22)20-16-14(12-21)9-10-15(19-16)11-13-7-5-4-6-8-13/h4-10,12H,11H2,1-3H3,(H,19,20,22). The number of nitrogens with one attached hydrogen (secondary N) is 1. The molecule has 0 spiro atoms. The highest BCUT2D eigenvalue weighted by Crippen LogP contribution is 2.19. The SMILES string of the molecule is CC(C)(C)C(=O)Nc1nc(Cc2ccccc2)ccc1C=O. The number of benzene rings is 1. The molecular formula is C18H20N2O2. The second-order valence-electron chi connectivity index (χ2n) is 6.22. The molecular weight excluding hydrogens is 276 g/mol. The zero-order valence-corrected chi connectivity index (χ0v) is 13.1. The van der Waals surface area contributed by atoms with Crippen LogP contribution in [-0.4, -0.2) is 17.2 Å². The van der Waals surface area contributed by atoms with Gasteiger partial charge in [0.2, 0.25) is 5.91 Å². The van der Waals surface area contributed by atoms with Gasteiger partial charge >= 0.3 is 0 Å². The highest BCUT2D eigenvalue weighted by atomic mass is 16.2. The van der Waals surface area contributed by atoms with Gasteiger partial charge in [0, 0.05) is 17.5 Å². The topological polar surface area (TPSA) is 59.1 Å². The van der Waals surface area contributed by atoms with Crippen molar-refractivity contribution in [2.75, 3.05) is 5.32 Å². The Labute approximate surface area is 130 Å². The molecule has 1 aromatic heterocycles. The van der Waals surface area contributed by atoms with Crippen LogP contribution in [0.5, 0.6) is 0 Å². The molecule has 1 heterocycles. The van der Waals surface area contributed by atoms with Crippen LogP contribution in [0.25, 0.3) is 0 Å². The summed E-state index contributed by atoms with van der Waals surface area (Å²) < 4.78 is 0. The van der Waals surface area contributed by atoms with Crippen molar-refractivity contribution in [3.8, 4) is 0 Å². The van der Waals surface area contributed by atoms with E-state index in [1.54, 1.807) is 6.07 Å². The predicted octanol–water partition coefficient (Wildman–Crippen LogP) is 3.47. The van der Waals surface area contributed by atoms with Gasteiger partial charge in [-0.25, -0.2) is 4.98 Å². The minimum absolute atomic E-state index is 0.167. The number of pyridine rings is 1. The van der Waals surface area contributed by atoms with Gasteiger partial charge in [0.15, 0.2) is 6.29 Å². The Morgan fingerprint density at radius 3 is 2.41 bits per heavy atom. The normalized spacial score (nSPS) is 11.0. The van der Waals surface area contributed by atoms with Crippen molar-refractivity contribution < 1.29 is 9.59 Å². The van der Waals surface area contributed by atoms with Crippen LogP contribution in [0.4, 0.5) is 5.82 Å². The Kier molecular flexibility index (Phi) is 4.71. The first-order valence-corrected chi connectivity index (χ1v) is 7.20. The molecule has 4 nitrogen and oxygen atoms in total. The van der Waals surface area contributed by atoms with Gasteiger partial charge in [-0.05, 0) is 17.7 Å². The highest BCUT2D eigenvalue weighted by molar-refractivity contribution is 5.97. The van der Waals surface area contributed by atoms with Crippen LogP contribution in [0.15, 0.2) is 42.5 Å². The average molecular weight is 296 g/mol. The van der Waals surface area contributed by atoms with E-state index in [2.05, 4.69) is 10.3 Å². The second kappa shape index (κ2) is 6.52. The Morgan fingerprint density at radius 2 is 1.82 bits per heavy atom. The van der Waals surface area contributed by atoms with Gasteiger partial charge in [-0.15, -0.1) is 0 Å². The van der Waals surface area contributed by atoms with E-state index < -0.39 is 5.41 Å². The fourth-order valence-corrected chi connectivity index (χ4v) is 1.90. The average Bonchev–Trinajstić information content (AvgIpc) is 2.47. The summed E-state index contributed by atoms with van der Waals surface area (Å²) in [6.07, 6.45) is 1.36. The number of amides is 1. The molecule has 0 saturated carbocycles. The maximum Gasteiger partial charge on any atom is 0.230 e. The van der Waals surface area contributed by atoms with Crippen LogP contribution >= 0.6 is 0 Å². The number of carbonyl (C=O) groups is 2. The molecule has 0 atom stereocenters. The van der Waals surface area contributed by atoms with E-state index in [1.165, 1.54) is 0 Å². The third-order valence-electron chi connectivity index (χ3n) is 3.25. The molecule has 0 aliphatic heterocycles. The number of aldehydes is 1. The molecule has 1 amide bonds. The van der Waals surface area contributed by atoms with Gasteiger partial charge in [0.05, 0.1) is 5.56 Å². The van der Waals surface area contributed by atoms with Crippen LogP contribution in [-0.2, 0) is 11.2 Å². The van der Waals surface area contributed by atoms with Crippen LogP contribution < -0.4 is 5.32 Å². The third kappa shape index (κ3) is 4.01. The maximum absolute atomic E-state index is 12.1. The molecule has 1 aromatic carbocycles. The second-order valence-corrected chi connectivity index (χ2v) is 6.22. The van der Waals surface area contributed by atoms with Crippen molar-refractivity contribution in [1.29, 1.82) is 0 Å². The monoisotopic (exact) mass is 296 g/mol. The summed E-state index contributed by atoms with van der Waals surface area (Å²) in [5.41, 5.74) is 1.77. The van der Waals surface area contributed by atoms with Crippen molar-refractivity contribution in [3.63, 3.8) is 0 Å². The van der Waals surface area contributed by atoms with Gasteiger partial charge in [-0.2, -0.15) is 0 Å². The molecule has 0 unspecified atom stereocenters. The van der Waals surface area contributed by atoms with Crippen molar-refractivity contribution >= 4 is 18.0 Å². The van der Waals surface area contributed by atoms with Crippen LogP contribution in [0.2, 0.25) is 0 Å². The minimum atomic E-state index is -0.544. The van der Waals surface area contributed by atoms with Gasteiger partial charge in [-0.1, -0.05) is 51.1 Å². The number of aromatic nitrogens is 1. The zero-order chi connectivity index (χ0) is 16.2. The Hall–Kier alpha value is -2.49. The molecule has 0 bridgehead atoms. The molecule has 1 N–H and O–H groups in total. The first-order valence-electron chi connectivity index (χ1n) is 7.20. The molecule has 0 radical (unpaired) electrons. The van der Waals surface area contributed by atoms with Crippen LogP contribution in [0.3, 0.4) is 0 Å². The number of nitrogens with zero attached hydrogens (tertiary/aromatic N) is 1. The number of hydrogen-bond acceptors (Lipinski definition) is 3. The maximum atomic E-state index is 12.1. The van der Waals surface area contributed by atoms with E-state index in [0.29, 0.717) is 24.1 Å². The molecule has 114 valence electrons. The first-order chi connectivity index (χ1) is 10.4. The Balaban J connectivity index is 2.26. The molecule has 0 aliphatic carbocycles. The number of carbonyl (C=O) groups excluding carboxylic acids is 2. The number of hydrogen-bond donors (Lipinski definition) is 1. The third-order valence-corrected chi connectivity index (χ3v) is 3.25. The quantitative estimate of drug-likeness (QED) is 0.879. The summed E-state index contributed by atoms with van der Waals surface area (Å²) in [5, 5.41) is 2.75. The predicted molar refractivity (Wildman–Crippen MR) is 87.0 cm³/mol. The zero-order valence-electron chi connectivity index (χ0n) is 13.1. The van der Waals surface area contributed by atoms with E-state index in [-0.39, 0.29) is 5.91 Å². The minimum Gasteiger partial charge on any atom is -0.310 e. The lowest BCUT2D eigenvalue weighted by Gasteiger charge is -2.18. The summed E-state index contributed by atoms with van der Waals surface area (Å²) in [7, 11) is 0. The smallest absolute Gasteiger partial charge is 0.230 e. The van der Waals surface area contributed by atoms with Crippen molar-refractivity contribution in [1.82, 2.24) is 4.98 Å². The largest absolute Gasteiger partial charge is 0.310 e. The van der Waals surface area contributed by atoms with E-state index in [9.17, 15) is 9.59 Å². The van der Waals surface area contributed by atoms with E-state index in [1.807, 2.05) is 57.2 Å². The molecule has 0 fully saturated rings. The summed E-state index contributed by atoms with van der Waals surface area (Å²) >= 11 is 0. The molecule has 2 rings (SSSR count). The molecule has 0 saturated heterocycles. The van der Waals surface area contributed by atoms with Crippen LogP contribution in [0.1, 0.15) is 42.4 Å². The highest BCUT2D eigenvalue weighted by Gasteiger charge is 2.22. The van der Waals surface area contributed by atoms with E-state index >= 15 is 0 Å². The summed E-state index contributed by atoms with van der Waals surface area (Å²) in [5.74, 6) is 0.156. The lowest BCUT2D eigenvalue weighted by molar-refractivity contribution is -0.123. The van der Waals surface area contributed by atoms with Crippen molar-refractivity contribution in [2.24, 2.45) is 5.41 Å². The van der Waals surface area contributed by atoms with Gasteiger partial charge in [0.25, 0.3) is 0 Å². The Bertz CT molecular complexity index is 673. The molecule has 2 aromatic rings. The summed E-state index contributed by atoms with van der Waals surface area (Å²) in [6, 6.07) is 13.4. The van der Waals surface area contributed by atoms with Crippen molar-refractivity contribution in [3.05, 3.63) is 59.3 Å². The Morgan fingerprint density at radius 1 is 1.14 bits per heavy atom. The van der Waals surface area contributed by atoms with Gasteiger partial charge in [-0.3, -0.25) is 9.59 Å². The fraction of sp³-hybridized carbons (Fsp3) is 0.278. The van der Waals surface area contributed by atoms with Crippen molar-refractivity contribution in [2.45, 2.75) is 27.2 Å². The fourth-order valence-electron chi connectivity index (χ4n) is 1.90. The van der Waals surface area contributed by atoms with Gasteiger partial charge < -0.3 is 5.32 Å².